The summed E-state index contributed by atoms with van der Waals surface area (Å²) in [6.45, 7) is 5.79. The largest absolute Gasteiger partial charge is 0.360 e. The maximum absolute atomic E-state index is 12.8. The van der Waals surface area contributed by atoms with E-state index >= 15 is 0 Å². The molecule has 1 aliphatic rings. The van der Waals surface area contributed by atoms with Crippen LogP contribution in [0.1, 0.15) is 40.1 Å². The van der Waals surface area contributed by atoms with Crippen molar-refractivity contribution in [2.45, 2.75) is 32.9 Å². The third-order valence-electron chi connectivity index (χ3n) is 5.46. The summed E-state index contributed by atoms with van der Waals surface area (Å²) >= 11 is 6.28. The Balaban J connectivity index is 1.43. The van der Waals surface area contributed by atoms with Crippen LogP contribution in [0.25, 0.3) is 11.3 Å². The number of aromatic nitrogens is 1. The Kier molecular flexibility index (Phi) is 5.97. The summed E-state index contributed by atoms with van der Waals surface area (Å²) in [5.41, 5.74) is 3.98. The van der Waals surface area contributed by atoms with Crippen LogP contribution in [0.5, 0.6) is 0 Å². The van der Waals surface area contributed by atoms with Crippen LogP contribution in [0, 0.1) is 6.92 Å². The summed E-state index contributed by atoms with van der Waals surface area (Å²) in [5.74, 6) is 0.255. The molecule has 1 amide bonds. The third-order valence-corrected chi connectivity index (χ3v) is 5.79. The number of benzene rings is 2. The Bertz CT molecular complexity index is 992. The van der Waals surface area contributed by atoms with Crippen LogP contribution in [0.2, 0.25) is 5.02 Å². The van der Waals surface area contributed by atoms with Gasteiger partial charge in [-0.2, -0.15) is 0 Å². The highest BCUT2D eigenvalue weighted by atomic mass is 35.5. The Morgan fingerprint density at radius 3 is 2.52 bits per heavy atom. The Morgan fingerprint density at radius 1 is 1.10 bits per heavy atom. The maximum atomic E-state index is 12.8. The van der Waals surface area contributed by atoms with Crippen LogP contribution in [-0.2, 0) is 13.1 Å². The van der Waals surface area contributed by atoms with Crippen LogP contribution >= 0.6 is 11.6 Å². The van der Waals surface area contributed by atoms with Crippen LogP contribution in [-0.4, -0.2) is 24.2 Å². The number of amides is 1. The number of hydrogen-bond donors (Lipinski definition) is 2. The first-order chi connectivity index (χ1) is 14.1. The predicted octanol–water partition coefficient (Wildman–Crippen LogP) is 3.41. The number of nitrogens with zero attached hydrogens (tertiary/aromatic N) is 1. The minimum Gasteiger partial charge on any atom is -0.360 e. The SMILES string of the molecule is Cc1onc(-c2ccccc2Cl)c1C(=O)NCc1ccc(C[NH+]2CCCC2)cc1. The molecule has 0 spiro atoms. The van der Waals surface area contributed by atoms with E-state index in [0.717, 1.165) is 12.1 Å². The van der Waals surface area contributed by atoms with Gasteiger partial charge in [0.15, 0.2) is 0 Å². The first-order valence-electron chi connectivity index (χ1n) is 10.0. The Hall–Kier alpha value is -2.63. The second-order valence-corrected chi connectivity index (χ2v) is 7.98. The van der Waals surface area contributed by atoms with E-state index in [1.807, 2.05) is 18.2 Å². The number of aryl methyl sites for hydroxylation is 1. The van der Waals surface area contributed by atoms with E-state index in [2.05, 4.69) is 34.7 Å². The molecule has 0 bridgehead atoms. The van der Waals surface area contributed by atoms with Crippen LogP contribution in [0.15, 0.2) is 53.1 Å². The second kappa shape index (κ2) is 8.80. The molecule has 150 valence electrons. The van der Waals surface area contributed by atoms with Gasteiger partial charge in [0.1, 0.15) is 23.6 Å². The number of halogens is 1. The van der Waals surface area contributed by atoms with Crippen LogP contribution < -0.4 is 10.2 Å². The smallest absolute Gasteiger partial charge is 0.257 e. The van der Waals surface area contributed by atoms with E-state index < -0.39 is 0 Å². The molecule has 6 heteroatoms. The van der Waals surface area contributed by atoms with Crippen molar-refractivity contribution in [3.8, 4) is 11.3 Å². The van der Waals surface area contributed by atoms with E-state index in [1.54, 1.807) is 17.9 Å². The van der Waals surface area contributed by atoms with Crippen molar-refractivity contribution < 1.29 is 14.2 Å². The van der Waals surface area contributed by atoms with Gasteiger partial charge in [0.05, 0.1) is 18.1 Å². The number of nitrogens with one attached hydrogen (secondary N) is 2. The number of quaternary nitrogens is 1. The molecule has 0 radical (unpaired) electrons. The molecule has 3 aromatic rings. The Morgan fingerprint density at radius 2 is 1.79 bits per heavy atom. The fourth-order valence-electron chi connectivity index (χ4n) is 3.86. The van der Waals surface area contributed by atoms with Crippen LogP contribution in [0.4, 0.5) is 0 Å². The molecule has 0 unspecified atom stereocenters. The molecule has 2 heterocycles. The number of carbonyl (C=O) groups excluding carboxylic acids is 1. The fourth-order valence-corrected chi connectivity index (χ4v) is 4.09. The molecule has 0 saturated carbocycles. The zero-order valence-corrected chi connectivity index (χ0v) is 17.3. The highest BCUT2D eigenvalue weighted by Crippen LogP contribution is 2.30. The zero-order chi connectivity index (χ0) is 20.2. The van der Waals surface area contributed by atoms with Crippen molar-refractivity contribution in [2.24, 2.45) is 0 Å². The van der Waals surface area contributed by atoms with Gasteiger partial charge in [0.25, 0.3) is 5.91 Å². The lowest BCUT2D eigenvalue weighted by Gasteiger charge is -2.12. The summed E-state index contributed by atoms with van der Waals surface area (Å²) in [7, 11) is 0. The van der Waals surface area contributed by atoms with E-state index in [-0.39, 0.29) is 5.91 Å². The van der Waals surface area contributed by atoms with Crippen molar-refractivity contribution in [2.75, 3.05) is 13.1 Å². The first kappa shape index (κ1) is 19.7. The van der Waals surface area contributed by atoms with E-state index in [0.29, 0.717) is 34.1 Å². The standard InChI is InChI=1S/C23H24ClN3O2/c1-16-21(22(26-29-16)19-6-2-3-7-20(19)24)23(28)25-14-17-8-10-18(11-9-17)15-27-12-4-5-13-27/h2-3,6-11H,4-5,12-15H2,1H3,(H,25,28)/p+1. The predicted molar refractivity (Wildman–Crippen MR) is 113 cm³/mol. The zero-order valence-electron chi connectivity index (χ0n) is 16.5. The molecule has 2 aromatic carbocycles. The van der Waals surface area contributed by atoms with E-state index in [1.165, 1.54) is 31.5 Å². The second-order valence-electron chi connectivity index (χ2n) is 7.58. The van der Waals surface area contributed by atoms with Crippen LogP contribution in [0.3, 0.4) is 0 Å². The van der Waals surface area contributed by atoms with Gasteiger partial charge < -0.3 is 14.7 Å². The van der Waals surface area contributed by atoms with Crippen molar-refractivity contribution in [3.63, 3.8) is 0 Å². The summed E-state index contributed by atoms with van der Waals surface area (Å²) in [6, 6.07) is 15.8. The monoisotopic (exact) mass is 410 g/mol. The lowest BCUT2D eigenvalue weighted by atomic mass is 10.1. The molecule has 2 N–H and O–H groups in total. The third kappa shape index (κ3) is 4.52. The molecular formula is C23H25ClN3O2+. The maximum Gasteiger partial charge on any atom is 0.257 e. The van der Waals surface area contributed by atoms with Gasteiger partial charge in [0, 0.05) is 30.5 Å². The van der Waals surface area contributed by atoms with E-state index in [9.17, 15) is 4.79 Å². The lowest BCUT2D eigenvalue weighted by molar-refractivity contribution is -0.901. The van der Waals surface area contributed by atoms with Gasteiger partial charge >= 0.3 is 0 Å². The van der Waals surface area contributed by atoms with Crippen molar-refractivity contribution >= 4 is 17.5 Å². The number of likely N-dealkylation sites (tertiary alicyclic amines) is 1. The molecule has 4 rings (SSSR count). The van der Waals surface area contributed by atoms with Crippen molar-refractivity contribution in [1.29, 1.82) is 0 Å². The molecule has 5 nitrogen and oxygen atoms in total. The minimum absolute atomic E-state index is 0.218. The molecule has 1 fully saturated rings. The highest BCUT2D eigenvalue weighted by Gasteiger charge is 2.22. The molecule has 0 atom stereocenters. The average Bonchev–Trinajstić information content (AvgIpc) is 3.37. The number of carbonyl (C=O) groups is 1. The average molecular weight is 411 g/mol. The fraction of sp³-hybridized carbons (Fsp3) is 0.304. The van der Waals surface area contributed by atoms with Gasteiger partial charge in [-0.25, -0.2) is 0 Å². The molecule has 0 aliphatic carbocycles. The highest BCUT2D eigenvalue weighted by molar-refractivity contribution is 6.33. The summed E-state index contributed by atoms with van der Waals surface area (Å²) < 4.78 is 5.29. The van der Waals surface area contributed by atoms with Crippen molar-refractivity contribution in [3.05, 3.63) is 76.0 Å². The van der Waals surface area contributed by atoms with E-state index in [4.69, 9.17) is 16.1 Å². The summed E-state index contributed by atoms with van der Waals surface area (Å²) in [4.78, 5) is 14.5. The Labute approximate surface area is 175 Å². The van der Waals surface area contributed by atoms with Gasteiger partial charge in [-0.05, 0) is 18.6 Å². The van der Waals surface area contributed by atoms with Crippen molar-refractivity contribution in [1.82, 2.24) is 10.5 Å². The molecule has 1 saturated heterocycles. The molecule has 1 aromatic heterocycles. The summed E-state index contributed by atoms with van der Waals surface area (Å²) in [6.07, 6.45) is 2.66. The minimum atomic E-state index is -0.218. The van der Waals surface area contributed by atoms with Gasteiger partial charge in [0.2, 0.25) is 0 Å². The number of rotatable bonds is 6. The molecule has 29 heavy (non-hydrogen) atoms. The first-order valence-corrected chi connectivity index (χ1v) is 10.4. The lowest BCUT2D eigenvalue weighted by Crippen LogP contribution is -3.08. The quantitative estimate of drug-likeness (QED) is 0.654. The van der Waals surface area contributed by atoms with Gasteiger partial charge in [-0.15, -0.1) is 0 Å². The molecule has 1 aliphatic heterocycles. The van der Waals surface area contributed by atoms with Gasteiger partial charge in [-0.3, -0.25) is 4.79 Å². The normalized spacial score (nSPS) is 14.3. The van der Waals surface area contributed by atoms with Gasteiger partial charge in [-0.1, -0.05) is 59.2 Å². The summed E-state index contributed by atoms with van der Waals surface area (Å²) in [5, 5.41) is 7.57. The topological polar surface area (TPSA) is 59.6 Å². The number of hydrogen-bond acceptors (Lipinski definition) is 3. The molecular weight excluding hydrogens is 386 g/mol.